The fraction of sp³-hybridized carbons (Fsp3) is 0.286. The summed E-state index contributed by atoms with van der Waals surface area (Å²) in [7, 11) is 3.19. The Hall–Kier alpha value is -4.00. The molecule has 1 aliphatic heterocycles. The van der Waals surface area contributed by atoms with Gasteiger partial charge in [0.2, 0.25) is 5.91 Å². The summed E-state index contributed by atoms with van der Waals surface area (Å²) >= 11 is 0. The highest BCUT2D eigenvalue weighted by molar-refractivity contribution is 5.98. The average molecular weight is 475 g/mol. The van der Waals surface area contributed by atoms with Gasteiger partial charge in [0.25, 0.3) is 5.91 Å². The minimum absolute atomic E-state index is 0.0820. The van der Waals surface area contributed by atoms with Gasteiger partial charge < -0.3 is 24.4 Å². The number of hydrogen-bond donors (Lipinski definition) is 1. The molecular formula is C28H30N2O5. The van der Waals surface area contributed by atoms with Gasteiger partial charge in [-0.3, -0.25) is 9.59 Å². The molecule has 182 valence electrons. The molecule has 1 atom stereocenters. The van der Waals surface area contributed by atoms with Crippen molar-refractivity contribution in [3.63, 3.8) is 0 Å². The minimum Gasteiger partial charge on any atom is -0.497 e. The Labute approximate surface area is 205 Å². The molecule has 3 aromatic carbocycles. The summed E-state index contributed by atoms with van der Waals surface area (Å²) in [4.78, 5) is 28.1. The van der Waals surface area contributed by atoms with Crippen molar-refractivity contribution in [1.82, 2.24) is 10.2 Å². The molecule has 0 fully saturated rings. The van der Waals surface area contributed by atoms with E-state index in [-0.39, 0.29) is 18.2 Å². The smallest absolute Gasteiger partial charge is 0.255 e. The van der Waals surface area contributed by atoms with Crippen molar-refractivity contribution in [1.29, 1.82) is 0 Å². The molecule has 2 amide bonds. The van der Waals surface area contributed by atoms with E-state index in [4.69, 9.17) is 14.2 Å². The Morgan fingerprint density at radius 2 is 1.77 bits per heavy atom. The lowest BCUT2D eigenvalue weighted by Crippen LogP contribution is -2.34. The molecule has 1 N–H and O–H groups in total. The average Bonchev–Trinajstić information content (AvgIpc) is 3.23. The third-order valence-electron chi connectivity index (χ3n) is 6.13. The molecule has 0 spiro atoms. The van der Waals surface area contributed by atoms with Crippen molar-refractivity contribution in [3.05, 3.63) is 89.0 Å². The van der Waals surface area contributed by atoms with Gasteiger partial charge in [-0.15, -0.1) is 0 Å². The Morgan fingerprint density at radius 3 is 2.46 bits per heavy atom. The van der Waals surface area contributed by atoms with E-state index in [1.54, 1.807) is 19.1 Å². The lowest BCUT2D eigenvalue weighted by Gasteiger charge is -2.28. The van der Waals surface area contributed by atoms with Gasteiger partial charge in [0.05, 0.1) is 33.3 Å². The summed E-state index contributed by atoms with van der Waals surface area (Å²) in [6.07, 6.45) is 0.118. The van der Waals surface area contributed by atoms with E-state index in [2.05, 4.69) is 5.32 Å². The maximum absolute atomic E-state index is 13.3. The summed E-state index contributed by atoms with van der Waals surface area (Å²) < 4.78 is 16.4. The fourth-order valence-corrected chi connectivity index (χ4v) is 4.29. The van der Waals surface area contributed by atoms with Gasteiger partial charge in [-0.2, -0.15) is 0 Å². The first-order chi connectivity index (χ1) is 17.0. The van der Waals surface area contributed by atoms with Crippen LogP contribution in [-0.4, -0.2) is 37.5 Å². The molecule has 3 aromatic rings. The third-order valence-corrected chi connectivity index (χ3v) is 6.13. The van der Waals surface area contributed by atoms with Gasteiger partial charge in [0, 0.05) is 18.7 Å². The van der Waals surface area contributed by atoms with Gasteiger partial charge in [-0.1, -0.05) is 36.4 Å². The molecule has 0 saturated heterocycles. The Balaban J connectivity index is 1.57. The quantitative estimate of drug-likeness (QED) is 0.468. The zero-order chi connectivity index (χ0) is 24.8. The summed E-state index contributed by atoms with van der Waals surface area (Å²) in [5, 5.41) is 2.98. The second kappa shape index (κ2) is 11.0. The molecule has 7 nitrogen and oxygen atoms in total. The van der Waals surface area contributed by atoms with Crippen molar-refractivity contribution in [2.45, 2.75) is 32.5 Å². The van der Waals surface area contributed by atoms with Crippen LogP contribution in [0.2, 0.25) is 0 Å². The standard InChI is InChI=1S/C28H30N2O5/c1-4-35-25-14-11-20(15-26(25)34-3)24(30-18-21-7-5-6-8-23(21)28(30)32)16-27(31)29-17-19-9-12-22(33-2)13-10-19/h5-15,24H,4,16-18H2,1-3H3,(H,29,31). The van der Waals surface area contributed by atoms with E-state index in [0.717, 1.165) is 22.4 Å². The van der Waals surface area contributed by atoms with Gasteiger partial charge in [0.15, 0.2) is 11.5 Å². The van der Waals surface area contributed by atoms with Gasteiger partial charge in [-0.05, 0) is 53.9 Å². The molecule has 4 rings (SSSR count). The second-order valence-electron chi connectivity index (χ2n) is 8.28. The molecule has 0 aromatic heterocycles. The number of fused-ring (bicyclic) bond motifs is 1. The van der Waals surface area contributed by atoms with Crippen LogP contribution in [0.25, 0.3) is 0 Å². The lowest BCUT2D eigenvalue weighted by molar-refractivity contribution is -0.122. The number of nitrogens with zero attached hydrogens (tertiary/aromatic N) is 1. The first-order valence-corrected chi connectivity index (χ1v) is 11.6. The largest absolute Gasteiger partial charge is 0.497 e. The van der Waals surface area contributed by atoms with Crippen molar-refractivity contribution < 1.29 is 23.8 Å². The van der Waals surface area contributed by atoms with E-state index in [9.17, 15) is 9.59 Å². The number of rotatable bonds is 10. The number of ether oxygens (including phenoxy) is 3. The summed E-state index contributed by atoms with van der Waals surface area (Å²) in [6.45, 7) is 3.24. The van der Waals surface area contributed by atoms with E-state index in [1.165, 1.54) is 0 Å². The van der Waals surface area contributed by atoms with Crippen molar-refractivity contribution in [3.8, 4) is 17.2 Å². The Morgan fingerprint density at radius 1 is 1.00 bits per heavy atom. The van der Waals surface area contributed by atoms with Crippen LogP contribution in [0.1, 0.15) is 46.4 Å². The van der Waals surface area contributed by atoms with E-state index < -0.39 is 6.04 Å². The summed E-state index contributed by atoms with van der Waals surface area (Å²) in [5.74, 6) is 1.72. The number of carbonyl (C=O) groups excluding carboxylic acids is 2. The SMILES string of the molecule is CCOc1ccc(C(CC(=O)NCc2ccc(OC)cc2)N2Cc3ccccc3C2=O)cc1OC. The van der Waals surface area contributed by atoms with Crippen molar-refractivity contribution >= 4 is 11.8 Å². The molecule has 0 radical (unpaired) electrons. The molecule has 0 bridgehead atoms. The van der Waals surface area contributed by atoms with Crippen LogP contribution in [-0.2, 0) is 17.9 Å². The highest BCUT2D eigenvalue weighted by Crippen LogP contribution is 2.37. The maximum atomic E-state index is 13.3. The van der Waals surface area contributed by atoms with E-state index in [0.29, 0.717) is 36.8 Å². The van der Waals surface area contributed by atoms with Gasteiger partial charge in [0.1, 0.15) is 5.75 Å². The minimum atomic E-state index is -0.463. The van der Waals surface area contributed by atoms with Crippen molar-refractivity contribution in [2.24, 2.45) is 0 Å². The van der Waals surface area contributed by atoms with Crippen LogP contribution in [0.5, 0.6) is 17.2 Å². The fourth-order valence-electron chi connectivity index (χ4n) is 4.29. The second-order valence-corrected chi connectivity index (χ2v) is 8.28. The van der Waals surface area contributed by atoms with E-state index in [1.807, 2.05) is 73.7 Å². The molecular weight excluding hydrogens is 444 g/mol. The number of nitrogens with one attached hydrogen (secondary N) is 1. The molecule has 7 heteroatoms. The maximum Gasteiger partial charge on any atom is 0.255 e. The van der Waals surface area contributed by atoms with Crippen LogP contribution in [0.4, 0.5) is 0 Å². The molecule has 0 aliphatic carbocycles. The molecule has 1 heterocycles. The van der Waals surface area contributed by atoms with Crippen molar-refractivity contribution in [2.75, 3.05) is 20.8 Å². The number of methoxy groups -OCH3 is 2. The monoisotopic (exact) mass is 474 g/mol. The molecule has 1 unspecified atom stereocenters. The number of carbonyl (C=O) groups is 2. The third kappa shape index (κ3) is 5.40. The van der Waals surface area contributed by atoms with Crippen LogP contribution in [0.15, 0.2) is 66.7 Å². The normalized spacial score (nSPS) is 13.2. The zero-order valence-corrected chi connectivity index (χ0v) is 20.2. The number of hydrogen-bond acceptors (Lipinski definition) is 5. The first kappa shape index (κ1) is 24.1. The summed E-state index contributed by atoms with van der Waals surface area (Å²) in [6, 6.07) is 20.2. The Bertz CT molecular complexity index is 1190. The first-order valence-electron chi connectivity index (χ1n) is 11.6. The van der Waals surface area contributed by atoms with Crippen LogP contribution >= 0.6 is 0 Å². The molecule has 0 saturated carbocycles. The van der Waals surface area contributed by atoms with Crippen LogP contribution < -0.4 is 19.5 Å². The zero-order valence-electron chi connectivity index (χ0n) is 20.2. The van der Waals surface area contributed by atoms with Crippen LogP contribution in [0, 0.1) is 0 Å². The number of benzene rings is 3. The molecule has 1 aliphatic rings. The lowest BCUT2D eigenvalue weighted by atomic mass is 10.0. The molecule has 35 heavy (non-hydrogen) atoms. The van der Waals surface area contributed by atoms with E-state index >= 15 is 0 Å². The highest BCUT2D eigenvalue weighted by atomic mass is 16.5. The van der Waals surface area contributed by atoms with Gasteiger partial charge in [-0.25, -0.2) is 0 Å². The van der Waals surface area contributed by atoms with Crippen LogP contribution in [0.3, 0.4) is 0 Å². The predicted molar refractivity (Wildman–Crippen MR) is 133 cm³/mol. The van der Waals surface area contributed by atoms with Gasteiger partial charge >= 0.3 is 0 Å². The summed E-state index contributed by atoms with van der Waals surface area (Å²) in [5.41, 5.74) is 3.40. The Kier molecular flexibility index (Phi) is 7.55. The highest BCUT2D eigenvalue weighted by Gasteiger charge is 2.34. The predicted octanol–water partition coefficient (Wildman–Crippen LogP) is 4.51. The topological polar surface area (TPSA) is 77.1 Å². The number of amides is 2.